The molecule has 2 aromatic heterocycles. The third-order valence-corrected chi connectivity index (χ3v) is 5.67. The van der Waals surface area contributed by atoms with Crippen molar-refractivity contribution in [2.75, 3.05) is 13.1 Å². The monoisotopic (exact) mass is 472 g/mol. The van der Waals surface area contributed by atoms with Gasteiger partial charge in [0.1, 0.15) is 17.7 Å². The molecule has 0 saturated carbocycles. The maximum absolute atomic E-state index is 14.6. The van der Waals surface area contributed by atoms with Gasteiger partial charge in [0.15, 0.2) is 0 Å². The molecule has 0 amide bonds. The third-order valence-electron chi connectivity index (χ3n) is 5.67. The van der Waals surface area contributed by atoms with Crippen LogP contribution in [0.2, 0.25) is 0 Å². The van der Waals surface area contributed by atoms with Crippen LogP contribution in [-0.4, -0.2) is 49.4 Å². The fourth-order valence-electron chi connectivity index (χ4n) is 3.90. The zero-order valence-electron chi connectivity index (χ0n) is 17.9. The highest BCUT2D eigenvalue weighted by molar-refractivity contribution is 5.58. The molecule has 0 bridgehead atoms. The average molecular weight is 472 g/mol. The fraction of sp³-hybridized carbons (Fsp3) is 0.304. The molecule has 176 valence electrons. The lowest BCUT2D eigenvalue weighted by Crippen LogP contribution is -2.20. The van der Waals surface area contributed by atoms with Crippen LogP contribution in [0, 0.1) is 5.82 Å². The summed E-state index contributed by atoms with van der Waals surface area (Å²) in [4.78, 5) is 2.09. The smallest absolute Gasteiger partial charge is 0.314 e. The lowest BCUT2D eigenvalue weighted by atomic mass is 10.1. The molecule has 0 unspecified atom stereocenters. The molecule has 5 rings (SSSR count). The van der Waals surface area contributed by atoms with E-state index in [4.69, 9.17) is 4.42 Å². The second kappa shape index (κ2) is 9.34. The average Bonchev–Trinajstić information content (AvgIpc) is 3.57. The van der Waals surface area contributed by atoms with Crippen molar-refractivity contribution in [2.24, 2.45) is 0 Å². The highest BCUT2D eigenvalue weighted by Gasteiger charge is 2.21. The number of hydrogen-bond donors (Lipinski definition) is 0. The SMILES string of the molecule is Fc1cc(-c2nnc(C(F)F)o2)ccc1Cn1cc(-c2ccc(CN3CC[C@H](F)C3)cc2)nn1. The summed E-state index contributed by atoms with van der Waals surface area (Å²) >= 11 is 0. The van der Waals surface area contributed by atoms with E-state index < -0.39 is 24.3 Å². The van der Waals surface area contributed by atoms with Crippen LogP contribution in [-0.2, 0) is 13.1 Å². The Labute approximate surface area is 192 Å². The van der Waals surface area contributed by atoms with Gasteiger partial charge < -0.3 is 4.42 Å². The Bertz CT molecular complexity index is 1270. The van der Waals surface area contributed by atoms with Crippen LogP contribution in [0.4, 0.5) is 17.6 Å². The zero-order chi connectivity index (χ0) is 23.7. The van der Waals surface area contributed by atoms with Crippen molar-refractivity contribution in [1.82, 2.24) is 30.1 Å². The third kappa shape index (κ3) is 4.84. The Morgan fingerprint density at radius 1 is 1.00 bits per heavy atom. The first-order valence-electron chi connectivity index (χ1n) is 10.7. The molecule has 1 saturated heterocycles. The molecular weight excluding hydrogens is 452 g/mol. The van der Waals surface area contributed by atoms with Crippen molar-refractivity contribution >= 4 is 0 Å². The minimum atomic E-state index is -2.89. The molecule has 3 heterocycles. The number of hydrogen-bond acceptors (Lipinski definition) is 6. The van der Waals surface area contributed by atoms with Crippen LogP contribution in [0.1, 0.15) is 29.9 Å². The second-order valence-electron chi connectivity index (χ2n) is 8.17. The normalized spacial score (nSPS) is 16.6. The van der Waals surface area contributed by atoms with Crippen LogP contribution < -0.4 is 0 Å². The molecule has 2 aromatic carbocycles. The summed E-state index contributed by atoms with van der Waals surface area (Å²) in [5, 5.41) is 15.0. The number of aromatic nitrogens is 5. The van der Waals surface area contributed by atoms with Gasteiger partial charge >= 0.3 is 6.43 Å². The van der Waals surface area contributed by atoms with Crippen molar-refractivity contribution in [1.29, 1.82) is 0 Å². The van der Waals surface area contributed by atoms with Gasteiger partial charge in [0, 0.05) is 36.3 Å². The number of alkyl halides is 3. The van der Waals surface area contributed by atoms with E-state index in [1.165, 1.54) is 16.8 Å². The number of rotatable bonds is 7. The van der Waals surface area contributed by atoms with Crippen molar-refractivity contribution in [3.05, 3.63) is 71.5 Å². The van der Waals surface area contributed by atoms with E-state index >= 15 is 0 Å². The molecule has 4 aromatic rings. The fourth-order valence-corrected chi connectivity index (χ4v) is 3.90. The molecule has 1 fully saturated rings. The van der Waals surface area contributed by atoms with Gasteiger partial charge in [0.05, 0.1) is 12.7 Å². The molecule has 1 aliphatic rings. The summed E-state index contributed by atoms with van der Waals surface area (Å²) in [5.74, 6) is -1.55. The highest BCUT2D eigenvalue weighted by Crippen LogP contribution is 2.25. The summed E-state index contributed by atoms with van der Waals surface area (Å²) in [6, 6.07) is 12.0. The quantitative estimate of drug-likeness (QED) is 0.364. The molecule has 0 spiro atoms. The molecule has 34 heavy (non-hydrogen) atoms. The number of halogens is 4. The first kappa shape index (κ1) is 22.2. The van der Waals surface area contributed by atoms with Gasteiger partial charge in [-0.1, -0.05) is 35.5 Å². The molecule has 0 N–H and O–H groups in total. The zero-order valence-corrected chi connectivity index (χ0v) is 17.9. The van der Waals surface area contributed by atoms with Gasteiger partial charge in [0.2, 0.25) is 5.89 Å². The van der Waals surface area contributed by atoms with E-state index in [9.17, 15) is 17.6 Å². The largest absolute Gasteiger partial charge is 0.415 e. The maximum Gasteiger partial charge on any atom is 0.314 e. The van der Waals surface area contributed by atoms with E-state index in [1.807, 2.05) is 24.3 Å². The molecule has 7 nitrogen and oxygen atoms in total. The van der Waals surface area contributed by atoms with Gasteiger partial charge in [-0.2, -0.15) is 8.78 Å². The minimum absolute atomic E-state index is 0.128. The van der Waals surface area contributed by atoms with Gasteiger partial charge in [0.25, 0.3) is 5.89 Å². The highest BCUT2D eigenvalue weighted by atomic mass is 19.3. The van der Waals surface area contributed by atoms with Crippen LogP contribution in [0.15, 0.2) is 53.1 Å². The first-order valence-corrected chi connectivity index (χ1v) is 10.7. The summed E-state index contributed by atoms with van der Waals surface area (Å²) in [7, 11) is 0. The van der Waals surface area contributed by atoms with Crippen molar-refractivity contribution in [2.45, 2.75) is 32.1 Å². The maximum atomic E-state index is 14.6. The molecule has 0 aliphatic carbocycles. The van der Waals surface area contributed by atoms with Crippen LogP contribution in [0.25, 0.3) is 22.7 Å². The van der Waals surface area contributed by atoms with Gasteiger partial charge in [-0.05, 0) is 24.1 Å². The topological polar surface area (TPSA) is 72.9 Å². The molecule has 1 aliphatic heterocycles. The van der Waals surface area contributed by atoms with E-state index in [1.54, 1.807) is 6.20 Å². The van der Waals surface area contributed by atoms with Crippen LogP contribution in [0.3, 0.4) is 0 Å². The Hall–Kier alpha value is -3.60. The second-order valence-corrected chi connectivity index (χ2v) is 8.17. The summed E-state index contributed by atoms with van der Waals surface area (Å²) in [5.41, 5.74) is 3.13. The Kier molecular flexibility index (Phi) is 6.10. The Morgan fingerprint density at radius 2 is 1.79 bits per heavy atom. The van der Waals surface area contributed by atoms with E-state index in [0.29, 0.717) is 30.8 Å². The molecule has 11 heteroatoms. The van der Waals surface area contributed by atoms with E-state index in [0.717, 1.165) is 23.7 Å². The first-order chi connectivity index (χ1) is 16.4. The molecular formula is C23H20F4N6O. The van der Waals surface area contributed by atoms with Crippen LogP contribution in [0.5, 0.6) is 0 Å². The van der Waals surface area contributed by atoms with Crippen molar-refractivity contribution < 1.29 is 22.0 Å². The number of nitrogens with zero attached hydrogens (tertiary/aromatic N) is 6. The summed E-state index contributed by atoms with van der Waals surface area (Å²) in [6.45, 7) is 2.07. The van der Waals surface area contributed by atoms with Gasteiger partial charge in [-0.3, -0.25) is 4.90 Å². The summed E-state index contributed by atoms with van der Waals surface area (Å²) < 4.78 is 59.6. The minimum Gasteiger partial charge on any atom is -0.415 e. The van der Waals surface area contributed by atoms with Gasteiger partial charge in [-0.15, -0.1) is 15.3 Å². The van der Waals surface area contributed by atoms with E-state index in [2.05, 4.69) is 25.4 Å². The van der Waals surface area contributed by atoms with Crippen molar-refractivity contribution in [3.63, 3.8) is 0 Å². The predicted octanol–water partition coefficient (Wildman–Crippen LogP) is 4.66. The number of likely N-dealkylation sites (tertiary alicyclic amines) is 1. The Balaban J connectivity index is 1.25. The van der Waals surface area contributed by atoms with E-state index in [-0.39, 0.29) is 18.0 Å². The lowest BCUT2D eigenvalue weighted by Gasteiger charge is -2.14. The number of benzene rings is 2. The molecule has 0 radical (unpaired) electrons. The standard InChI is InChI=1S/C23H20F4N6O/c24-18-7-8-32(12-18)10-14-1-3-15(4-2-14)20-13-33(31-28-20)11-17-6-5-16(9-19(17)25)22-29-30-23(34-22)21(26)27/h1-6,9,13,18,21H,7-8,10-12H2/t18-/m0/s1. The summed E-state index contributed by atoms with van der Waals surface area (Å²) in [6.07, 6.45) is -1.34. The lowest BCUT2D eigenvalue weighted by molar-refractivity contribution is 0.116. The Morgan fingerprint density at radius 3 is 2.47 bits per heavy atom. The predicted molar refractivity (Wildman–Crippen MR) is 114 cm³/mol. The van der Waals surface area contributed by atoms with Crippen LogP contribution >= 0.6 is 0 Å². The van der Waals surface area contributed by atoms with Gasteiger partial charge in [-0.25, -0.2) is 13.5 Å². The molecule has 1 atom stereocenters. The van der Waals surface area contributed by atoms with Crippen molar-refractivity contribution in [3.8, 4) is 22.7 Å².